The van der Waals surface area contributed by atoms with E-state index in [9.17, 15) is 0 Å². The van der Waals surface area contributed by atoms with E-state index in [0.29, 0.717) is 0 Å². The second kappa shape index (κ2) is 28.0. The average molecular weight is 118 g/mol. The number of hydrogen-bond donors (Lipinski definition) is 0. The maximum atomic E-state index is 3.00. The fourth-order valence-corrected chi connectivity index (χ4v) is 0. The van der Waals surface area contributed by atoms with Crippen molar-refractivity contribution in [2.24, 2.45) is 0 Å². The van der Waals surface area contributed by atoms with Crippen LogP contribution in [0.1, 0.15) is 0 Å². The quantitative estimate of drug-likeness (QED) is 0.271. The summed E-state index contributed by atoms with van der Waals surface area (Å²) in [5, 5.41) is 0. The standard InChI is InChI=1S/C2H4.Ca.2Na.4H/c1-2;;;;;;;/h1-2H2;;;;;;;. The Bertz CT molecular complexity index is 7.61. The molecule has 0 aliphatic rings. The van der Waals surface area contributed by atoms with Crippen LogP contribution in [0.5, 0.6) is 0 Å². The van der Waals surface area contributed by atoms with E-state index in [0.717, 1.165) is 0 Å². The molecule has 0 aromatic heterocycles. The van der Waals surface area contributed by atoms with Gasteiger partial charge in [-0.15, -0.1) is 13.2 Å². The van der Waals surface area contributed by atoms with E-state index in [2.05, 4.69) is 13.2 Å². The Hall–Kier alpha value is 3.00. The van der Waals surface area contributed by atoms with Crippen molar-refractivity contribution in [2.75, 3.05) is 0 Å². The van der Waals surface area contributed by atoms with Crippen molar-refractivity contribution in [3.8, 4) is 0 Å². The first-order valence-electron chi connectivity index (χ1n) is 0.500. The minimum atomic E-state index is 0. The van der Waals surface area contributed by atoms with Gasteiger partial charge >= 0.3 is 96.9 Å². The molecule has 0 atom stereocenters. The molecule has 20 valence electrons. The zero-order valence-corrected chi connectivity index (χ0v) is 1.41. The maximum absolute atomic E-state index is 3.00. The first-order valence-corrected chi connectivity index (χ1v) is 0.500. The molecule has 0 aromatic rings. The molecule has 0 amide bonds. The van der Waals surface area contributed by atoms with Gasteiger partial charge in [-0.05, 0) is 0 Å². The van der Waals surface area contributed by atoms with Crippen molar-refractivity contribution < 1.29 is 0 Å². The zero-order valence-electron chi connectivity index (χ0n) is 1.41. The summed E-state index contributed by atoms with van der Waals surface area (Å²) in [6.45, 7) is 6.00. The number of rotatable bonds is 0. The van der Waals surface area contributed by atoms with Crippen LogP contribution in [-0.4, -0.2) is 96.9 Å². The molecule has 0 saturated heterocycles. The summed E-state index contributed by atoms with van der Waals surface area (Å²) in [4.78, 5) is 0. The van der Waals surface area contributed by atoms with Crippen LogP contribution < -0.4 is 0 Å². The fourth-order valence-electron chi connectivity index (χ4n) is 0. The van der Waals surface area contributed by atoms with Crippen molar-refractivity contribution in [2.45, 2.75) is 0 Å². The molecule has 0 aromatic carbocycles. The summed E-state index contributed by atoms with van der Waals surface area (Å²) >= 11 is 0. The Morgan fingerprint density at radius 2 is 0.800 bits per heavy atom. The molecule has 0 aliphatic carbocycles. The first kappa shape index (κ1) is 24.5. The third kappa shape index (κ3) is 19.4. The third-order valence-electron chi connectivity index (χ3n) is 0. The molecular weight excluding hydrogens is 110 g/mol. The van der Waals surface area contributed by atoms with Gasteiger partial charge < -0.3 is 0 Å². The second-order valence-electron chi connectivity index (χ2n) is 0. The van der Waals surface area contributed by atoms with Gasteiger partial charge in [-0.2, -0.15) is 0 Å². The topological polar surface area (TPSA) is 0 Å². The third-order valence-corrected chi connectivity index (χ3v) is 0. The van der Waals surface area contributed by atoms with Gasteiger partial charge in [-0.1, -0.05) is 0 Å². The van der Waals surface area contributed by atoms with Gasteiger partial charge in [0.2, 0.25) is 0 Å². The van der Waals surface area contributed by atoms with Crippen molar-refractivity contribution in [1.82, 2.24) is 0 Å². The first-order chi connectivity index (χ1) is 1.00. The summed E-state index contributed by atoms with van der Waals surface area (Å²) in [7, 11) is 0. The summed E-state index contributed by atoms with van der Waals surface area (Å²) in [5.41, 5.74) is 0. The van der Waals surface area contributed by atoms with E-state index in [1.165, 1.54) is 0 Å². The predicted molar refractivity (Wildman–Crippen MR) is 34.1 cm³/mol. The molecule has 0 aliphatic heterocycles. The average Bonchev–Trinajstić information content (AvgIpc) is 1.00. The summed E-state index contributed by atoms with van der Waals surface area (Å²) in [6, 6.07) is 0. The van der Waals surface area contributed by atoms with Crippen molar-refractivity contribution in [3.05, 3.63) is 13.2 Å². The second-order valence-corrected chi connectivity index (χ2v) is 0. The summed E-state index contributed by atoms with van der Waals surface area (Å²) in [6.07, 6.45) is 0. The molecule has 0 fully saturated rings. The molecule has 0 bridgehead atoms. The Balaban J connectivity index is -0.00000000167. The van der Waals surface area contributed by atoms with Crippen LogP contribution in [0.4, 0.5) is 0 Å². The van der Waals surface area contributed by atoms with Gasteiger partial charge in [0.05, 0.1) is 0 Å². The van der Waals surface area contributed by atoms with Gasteiger partial charge in [-0.3, -0.25) is 0 Å². The van der Waals surface area contributed by atoms with E-state index in [4.69, 9.17) is 0 Å². The Kier molecular flexibility index (Phi) is 137. The summed E-state index contributed by atoms with van der Waals surface area (Å²) < 4.78 is 0. The van der Waals surface area contributed by atoms with Crippen molar-refractivity contribution in [3.63, 3.8) is 0 Å². The molecule has 0 nitrogen and oxygen atoms in total. The van der Waals surface area contributed by atoms with Crippen LogP contribution in [0.3, 0.4) is 0 Å². The molecule has 0 heterocycles. The molecule has 0 spiro atoms. The molecule has 3 heteroatoms. The Morgan fingerprint density at radius 3 is 0.800 bits per heavy atom. The molecule has 0 saturated carbocycles. The van der Waals surface area contributed by atoms with Gasteiger partial charge in [0, 0.05) is 0 Å². The van der Waals surface area contributed by atoms with E-state index in [1.807, 2.05) is 0 Å². The minimum absolute atomic E-state index is 0. The van der Waals surface area contributed by atoms with Crippen LogP contribution in [-0.2, 0) is 0 Å². The zero-order chi connectivity index (χ0) is 2.00. The van der Waals surface area contributed by atoms with Gasteiger partial charge in [0.25, 0.3) is 0 Å². The normalized spacial score (nSPS) is 0.800. The summed E-state index contributed by atoms with van der Waals surface area (Å²) in [5.74, 6) is 0. The van der Waals surface area contributed by atoms with Crippen LogP contribution in [0.25, 0.3) is 0 Å². The molecular formula is C2H8CaNa2. The predicted octanol–water partition coefficient (Wildman–Crippen LogP) is -1.41. The molecule has 5 heavy (non-hydrogen) atoms. The van der Waals surface area contributed by atoms with Crippen LogP contribution >= 0.6 is 0 Å². The Labute approximate surface area is 107 Å². The van der Waals surface area contributed by atoms with Crippen molar-refractivity contribution in [1.29, 1.82) is 0 Å². The van der Waals surface area contributed by atoms with Gasteiger partial charge in [0.1, 0.15) is 0 Å². The van der Waals surface area contributed by atoms with E-state index in [-0.39, 0.29) is 96.9 Å². The van der Waals surface area contributed by atoms with E-state index < -0.39 is 0 Å². The van der Waals surface area contributed by atoms with Crippen LogP contribution in [0.15, 0.2) is 13.2 Å². The van der Waals surface area contributed by atoms with Crippen LogP contribution in [0.2, 0.25) is 0 Å². The SMILES string of the molecule is C=C.[CaH2].[NaH].[NaH]. The monoisotopic (exact) mass is 118 g/mol. The fraction of sp³-hybridized carbons (Fsp3) is 0. The molecule has 0 rings (SSSR count). The van der Waals surface area contributed by atoms with Gasteiger partial charge in [-0.25, -0.2) is 0 Å². The van der Waals surface area contributed by atoms with E-state index in [1.54, 1.807) is 0 Å². The Morgan fingerprint density at radius 1 is 0.800 bits per heavy atom. The van der Waals surface area contributed by atoms with Crippen LogP contribution in [0, 0.1) is 0 Å². The van der Waals surface area contributed by atoms with Crippen molar-refractivity contribution >= 4 is 96.9 Å². The number of hydrogen-bond acceptors (Lipinski definition) is 0. The molecule has 0 unspecified atom stereocenters. The van der Waals surface area contributed by atoms with E-state index >= 15 is 0 Å². The molecule has 0 N–H and O–H groups in total. The van der Waals surface area contributed by atoms with Gasteiger partial charge in [0.15, 0.2) is 0 Å². The molecule has 0 radical (unpaired) electrons.